The van der Waals surface area contributed by atoms with E-state index < -0.39 is 0 Å². The minimum Gasteiger partial charge on any atom is -0.385 e. The van der Waals surface area contributed by atoms with Crippen LogP contribution in [0.15, 0.2) is 24.3 Å². The van der Waals surface area contributed by atoms with Crippen molar-refractivity contribution >= 4 is 11.4 Å². The molecule has 26 heavy (non-hydrogen) atoms. The van der Waals surface area contributed by atoms with Gasteiger partial charge in [0.25, 0.3) is 0 Å². The smallest absolute Gasteiger partial charge is 0.0367 e. The summed E-state index contributed by atoms with van der Waals surface area (Å²) in [5.41, 5.74) is 2.66. The Morgan fingerprint density at radius 3 is 1.62 bits per heavy atom. The lowest BCUT2D eigenvalue weighted by molar-refractivity contribution is 0.609. The first kappa shape index (κ1) is 22.9. The number of nitrogens with zero attached hydrogens (tertiary/aromatic N) is 1. The highest BCUT2D eigenvalue weighted by atomic mass is 15.1. The summed E-state index contributed by atoms with van der Waals surface area (Å²) in [6, 6.07) is 9.16. The van der Waals surface area contributed by atoms with Gasteiger partial charge in [-0.15, -0.1) is 0 Å². The molecule has 1 rings (SSSR count). The topological polar surface area (TPSA) is 15.3 Å². The third-order valence-corrected chi connectivity index (χ3v) is 5.16. The standard InChI is InChI=1S/C24H44N2/c1-4-7-10-13-20-25-23-16-18-24(19-17-23)26(21-14-11-8-5-2)22-15-12-9-6-3/h16-19,25H,4-15,20-22H2,1-3H3. The van der Waals surface area contributed by atoms with Crippen LogP contribution >= 0.6 is 0 Å². The van der Waals surface area contributed by atoms with Crippen LogP contribution in [0.5, 0.6) is 0 Å². The molecule has 0 heterocycles. The molecule has 0 bridgehead atoms. The molecular formula is C24H44N2. The summed E-state index contributed by atoms with van der Waals surface area (Å²) in [6.45, 7) is 10.3. The predicted molar refractivity (Wildman–Crippen MR) is 120 cm³/mol. The Bertz CT molecular complexity index is 401. The SMILES string of the molecule is CCCCCCNc1ccc(N(CCCCCC)CCCCCC)cc1. The third-order valence-electron chi connectivity index (χ3n) is 5.16. The zero-order valence-electron chi connectivity index (χ0n) is 17.9. The van der Waals surface area contributed by atoms with Gasteiger partial charge in [0.05, 0.1) is 0 Å². The fourth-order valence-corrected chi connectivity index (χ4v) is 3.40. The second-order valence-electron chi connectivity index (χ2n) is 7.64. The number of rotatable bonds is 17. The maximum atomic E-state index is 3.57. The lowest BCUT2D eigenvalue weighted by Crippen LogP contribution is -2.25. The van der Waals surface area contributed by atoms with Gasteiger partial charge in [0.15, 0.2) is 0 Å². The largest absolute Gasteiger partial charge is 0.385 e. The Balaban J connectivity index is 2.46. The van der Waals surface area contributed by atoms with Crippen LogP contribution in [-0.2, 0) is 0 Å². The lowest BCUT2D eigenvalue weighted by atomic mass is 10.1. The molecule has 1 N–H and O–H groups in total. The van der Waals surface area contributed by atoms with Gasteiger partial charge in [0.1, 0.15) is 0 Å². The quantitative estimate of drug-likeness (QED) is 0.287. The highest BCUT2D eigenvalue weighted by molar-refractivity contribution is 5.55. The average Bonchev–Trinajstić information content (AvgIpc) is 2.67. The van der Waals surface area contributed by atoms with Crippen molar-refractivity contribution in [1.29, 1.82) is 0 Å². The second kappa shape index (κ2) is 16.0. The molecule has 0 spiro atoms. The number of benzene rings is 1. The van der Waals surface area contributed by atoms with E-state index in [1.165, 1.54) is 102 Å². The van der Waals surface area contributed by atoms with Crippen molar-refractivity contribution in [2.75, 3.05) is 29.9 Å². The molecule has 0 aromatic heterocycles. The van der Waals surface area contributed by atoms with Gasteiger partial charge in [-0.25, -0.2) is 0 Å². The number of nitrogens with one attached hydrogen (secondary N) is 1. The van der Waals surface area contributed by atoms with Crippen molar-refractivity contribution in [2.45, 2.75) is 97.8 Å². The third kappa shape index (κ3) is 10.7. The van der Waals surface area contributed by atoms with Gasteiger partial charge in [-0.05, 0) is 43.5 Å². The summed E-state index contributed by atoms with van der Waals surface area (Å²) < 4.78 is 0. The minimum atomic E-state index is 1.09. The fraction of sp³-hybridized carbons (Fsp3) is 0.750. The van der Waals surface area contributed by atoms with Gasteiger partial charge >= 0.3 is 0 Å². The van der Waals surface area contributed by atoms with E-state index in [2.05, 4.69) is 55.3 Å². The summed E-state index contributed by atoms with van der Waals surface area (Å²) in [7, 11) is 0. The molecule has 0 fully saturated rings. The number of anilines is 2. The molecule has 1 aromatic rings. The van der Waals surface area contributed by atoms with Crippen LogP contribution in [0.4, 0.5) is 11.4 Å². The molecule has 0 unspecified atom stereocenters. The van der Waals surface area contributed by atoms with E-state index >= 15 is 0 Å². The number of hydrogen-bond acceptors (Lipinski definition) is 2. The zero-order valence-corrected chi connectivity index (χ0v) is 17.9. The first-order chi connectivity index (χ1) is 12.8. The van der Waals surface area contributed by atoms with Crippen molar-refractivity contribution in [3.8, 4) is 0 Å². The van der Waals surface area contributed by atoms with Gasteiger partial charge in [0.2, 0.25) is 0 Å². The summed E-state index contributed by atoms with van der Waals surface area (Å²) in [6.07, 6.45) is 16.0. The summed E-state index contributed by atoms with van der Waals surface area (Å²) in [5.74, 6) is 0. The number of unbranched alkanes of at least 4 members (excludes halogenated alkanes) is 9. The van der Waals surface area contributed by atoms with Gasteiger partial charge in [-0.1, -0.05) is 78.6 Å². The molecule has 1 aromatic carbocycles. The molecule has 0 aliphatic rings. The van der Waals surface area contributed by atoms with E-state index in [1.54, 1.807) is 0 Å². The molecule has 0 radical (unpaired) electrons. The minimum absolute atomic E-state index is 1.09. The Morgan fingerprint density at radius 1 is 0.615 bits per heavy atom. The Kier molecular flexibility index (Phi) is 14.1. The van der Waals surface area contributed by atoms with Crippen LogP contribution in [0.2, 0.25) is 0 Å². The van der Waals surface area contributed by atoms with Crippen molar-refractivity contribution in [1.82, 2.24) is 0 Å². The van der Waals surface area contributed by atoms with E-state index in [1.807, 2.05) is 0 Å². The molecule has 0 aliphatic carbocycles. The van der Waals surface area contributed by atoms with Gasteiger partial charge in [0, 0.05) is 31.0 Å². The zero-order chi connectivity index (χ0) is 18.9. The first-order valence-corrected chi connectivity index (χ1v) is 11.4. The van der Waals surface area contributed by atoms with Crippen LogP contribution in [0.3, 0.4) is 0 Å². The Morgan fingerprint density at radius 2 is 1.12 bits per heavy atom. The van der Waals surface area contributed by atoms with Crippen LogP contribution < -0.4 is 10.2 Å². The molecule has 2 heteroatoms. The van der Waals surface area contributed by atoms with E-state index in [0.717, 1.165) is 6.54 Å². The first-order valence-electron chi connectivity index (χ1n) is 11.4. The molecule has 0 saturated carbocycles. The van der Waals surface area contributed by atoms with E-state index in [-0.39, 0.29) is 0 Å². The van der Waals surface area contributed by atoms with Gasteiger partial charge in [-0.3, -0.25) is 0 Å². The van der Waals surface area contributed by atoms with Crippen LogP contribution in [0.1, 0.15) is 97.8 Å². The van der Waals surface area contributed by atoms with E-state index in [9.17, 15) is 0 Å². The summed E-state index contributed by atoms with van der Waals surface area (Å²) >= 11 is 0. The highest BCUT2D eigenvalue weighted by Crippen LogP contribution is 2.20. The molecule has 0 saturated heterocycles. The van der Waals surface area contributed by atoms with Gasteiger partial charge in [-0.2, -0.15) is 0 Å². The molecule has 0 amide bonds. The van der Waals surface area contributed by atoms with Gasteiger partial charge < -0.3 is 10.2 Å². The van der Waals surface area contributed by atoms with Crippen LogP contribution in [0.25, 0.3) is 0 Å². The van der Waals surface area contributed by atoms with E-state index in [0.29, 0.717) is 0 Å². The summed E-state index contributed by atoms with van der Waals surface area (Å²) in [4.78, 5) is 2.61. The lowest BCUT2D eigenvalue weighted by Gasteiger charge is -2.25. The fourth-order valence-electron chi connectivity index (χ4n) is 3.40. The average molecular weight is 361 g/mol. The predicted octanol–water partition coefficient (Wildman–Crippen LogP) is 7.65. The Labute approximate surface area is 163 Å². The monoisotopic (exact) mass is 360 g/mol. The van der Waals surface area contributed by atoms with Crippen molar-refractivity contribution in [2.24, 2.45) is 0 Å². The Hall–Kier alpha value is -1.18. The van der Waals surface area contributed by atoms with Crippen molar-refractivity contribution in [3.63, 3.8) is 0 Å². The second-order valence-corrected chi connectivity index (χ2v) is 7.64. The molecule has 0 atom stereocenters. The maximum absolute atomic E-state index is 3.57. The molecule has 2 nitrogen and oxygen atoms in total. The number of hydrogen-bond donors (Lipinski definition) is 1. The molecule has 150 valence electrons. The summed E-state index contributed by atoms with van der Waals surface area (Å²) in [5, 5.41) is 3.57. The maximum Gasteiger partial charge on any atom is 0.0367 e. The molecule has 0 aliphatic heterocycles. The van der Waals surface area contributed by atoms with Crippen molar-refractivity contribution in [3.05, 3.63) is 24.3 Å². The van der Waals surface area contributed by atoms with Crippen molar-refractivity contribution < 1.29 is 0 Å². The van der Waals surface area contributed by atoms with E-state index in [4.69, 9.17) is 0 Å². The van der Waals surface area contributed by atoms with Crippen LogP contribution in [-0.4, -0.2) is 19.6 Å². The molecular weight excluding hydrogens is 316 g/mol. The highest BCUT2D eigenvalue weighted by Gasteiger charge is 2.06. The van der Waals surface area contributed by atoms with Crippen LogP contribution in [0, 0.1) is 0 Å². The normalized spacial score (nSPS) is 10.9.